The van der Waals surface area contributed by atoms with Gasteiger partial charge in [0.2, 0.25) is 0 Å². The van der Waals surface area contributed by atoms with E-state index >= 15 is 0 Å². The molecule has 0 radical (unpaired) electrons. The highest BCUT2D eigenvalue weighted by Crippen LogP contribution is 2.14. The zero-order valence-electron chi connectivity index (χ0n) is 14.2. The van der Waals surface area contributed by atoms with Crippen LogP contribution in [0.3, 0.4) is 0 Å². The Kier molecular flexibility index (Phi) is 6.98. The van der Waals surface area contributed by atoms with Crippen molar-refractivity contribution >= 4 is 11.9 Å². The number of esters is 2. The summed E-state index contributed by atoms with van der Waals surface area (Å²) in [6.07, 6.45) is 0. The van der Waals surface area contributed by atoms with Crippen molar-refractivity contribution in [2.45, 2.75) is 6.92 Å². The predicted octanol–water partition coefficient (Wildman–Crippen LogP) is 2.78. The quantitative estimate of drug-likeness (QED) is 0.417. The van der Waals surface area contributed by atoms with Crippen LogP contribution in [0.5, 0.6) is 11.5 Å². The fraction of sp³-hybridized carbons (Fsp3) is 0.263. The summed E-state index contributed by atoms with van der Waals surface area (Å²) in [5.41, 5.74) is 1.47. The van der Waals surface area contributed by atoms with Gasteiger partial charge in [-0.3, -0.25) is 0 Å². The van der Waals surface area contributed by atoms with Crippen LogP contribution in [0.25, 0.3) is 0 Å². The third kappa shape index (κ3) is 6.27. The SMILES string of the molecule is COCCOC(=O)c1ccc(OC(=O)COc2ccc(C)cc2)cc1. The van der Waals surface area contributed by atoms with E-state index in [-0.39, 0.29) is 13.2 Å². The minimum Gasteiger partial charge on any atom is -0.482 e. The third-order valence-corrected chi connectivity index (χ3v) is 3.22. The number of carbonyl (C=O) groups is 2. The molecule has 2 aromatic carbocycles. The van der Waals surface area contributed by atoms with E-state index in [2.05, 4.69) is 0 Å². The van der Waals surface area contributed by atoms with Gasteiger partial charge in [0.25, 0.3) is 0 Å². The molecule has 0 spiro atoms. The number of aryl methyl sites for hydroxylation is 1. The van der Waals surface area contributed by atoms with Crippen molar-refractivity contribution in [3.63, 3.8) is 0 Å². The monoisotopic (exact) mass is 344 g/mol. The largest absolute Gasteiger partial charge is 0.482 e. The summed E-state index contributed by atoms with van der Waals surface area (Å²) in [7, 11) is 1.53. The second-order valence-electron chi connectivity index (χ2n) is 5.23. The first-order chi connectivity index (χ1) is 12.1. The van der Waals surface area contributed by atoms with E-state index in [1.165, 1.54) is 31.4 Å². The second kappa shape index (κ2) is 9.44. The van der Waals surface area contributed by atoms with Crippen molar-refractivity contribution in [3.8, 4) is 11.5 Å². The van der Waals surface area contributed by atoms with Crippen LogP contribution in [-0.2, 0) is 14.3 Å². The van der Waals surface area contributed by atoms with E-state index in [0.717, 1.165) is 5.56 Å². The molecule has 0 atom stereocenters. The molecule has 0 unspecified atom stereocenters. The summed E-state index contributed by atoms with van der Waals surface area (Å²) in [5.74, 6) is -0.0729. The number of ether oxygens (including phenoxy) is 4. The van der Waals surface area contributed by atoms with Gasteiger partial charge in [-0.2, -0.15) is 0 Å². The Labute approximate surface area is 146 Å². The summed E-state index contributed by atoms with van der Waals surface area (Å²) < 4.78 is 20.3. The Balaban J connectivity index is 1.80. The lowest BCUT2D eigenvalue weighted by molar-refractivity contribution is -0.136. The van der Waals surface area contributed by atoms with Gasteiger partial charge in [-0.05, 0) is 43.3 Å². The van der Waals surface area contributed by atoms with Gasteiger partial charge in [-0.1, -0.05) is 17.7 Å². The maximum atomic E-state index is 11.8. The molecule has 0 aliphatic heterocycles. The first-order valence-corrected chi connectivity index (χ1v) is 7.75. The first-order valence-electron chi connectivity index (χ1n) is 7.75. The third-order valence-electron chi connectivity index (χ3n) is 3.22. The van der Waals surface area contributed by atoms with Gasteiger partial charge in [0.05, 0.1) is 12.2 Å². The lowest BCUT2D eigenvalue weighted by atomic mass is 10.2. The number of carbonyl (C=O) groups excluding carboxylic acids is 2. The van der Waals surface area contributed by atoms with Crippen molar-refractivity contribution in [1.29, 1.82) is 0 Å². The van der Waals surface area contributed by atoms with Gasteiger partial charge in [-0.15, -0.1) is 0 Å². The van der Waals surface area contributed by atoms with Crippen LogP contribution in [-0.4, -0.2) is 38.9 Å². The van der Waals surface area contributed by atoms with Gasteiger partial charge in [0.15, 0.2) is 6.61 Å². The van der Waals surface area contributed by atoms with Crippen molar-refractivity contribution in [2.24, 2.45) is 0 Å². The number of hydrogen-bond donors (Lipinski definition) is 0. The molecule has 0 heterocycles. The summed E-state index contributed by atoms with van der Waals surface area (Å²) in [5, 5.41) is 0. The zero-order chi connectivity index (χ0) is 18.1. The summed E-state index contributed by atoms with van der Waals surface area (Å²) in [6.45, 7) is 2.28. The molecule has 132 valence electrons. The Bertz CT molecular complexity index is 691. The molecule has 0 bridgehead atoms. The van der Waals surface area contributed by atoms with E-state index in [1.807, 2.05) is 19.1 Å². The van der Waals surface area contributed by atoms with Crippen molar-refractivity contribution in [2.75, 3.05) is 26.9 Å². The molecule has 0 N–H and O–H groups in total. The average molecular weight is 344 g/mol. The molecular formula is C19H20O6. The number of benzene rings is 2. The smallest absolute Gasteiger partial charge is 0.349 e. The fourth-order valence-corrected chi connectivity index (χ4v) is 1.90. The van der Waals surface area contributed by atoms with E-state index in [9.17, 15) is 9.59 Å². The lowest BCUT2D eigenvalue weighted by Gasteiger charge is -2.08. The highest BCUT2D eigenvalue weighted by molar-refractivity contribution is 5.89. The molecular weight excluding hydrogens is 324 g/mol. The molecule has 0 aromatic heterocycles. The Hall–Kier alpha value is -2.86. The van der Waals surface area contributed by atoms with Gasteiger partial charge >= 0.3 is 11.9 Å². The van der Waals surface area contributed by atoms with E-state index < -0.39 is 11.9 Å². The van der Waals surface area contributed by atoms with E-state index in [0.29, 0.717) is 23.7 Å². The highest BCUT2D eigenvalue weighted by atomic mass is 16.6. The van der Waals surface area contributed by atoms with E-state index in [1.54, 1.807) is 12.1 Å². The van der Waals surface area contributed by atoms with Crippen LogP contribution >= 0.6 is 0 Å². The zero-order valence-corrected chi connectivity index (χ0v) is 14.2. The molecule has 0 aliphatic carbocycles. The molecule has 6 nitrogen and oxygen atoms in total. The Morgan fingerprint density at radius 1 is 0.880 bits per heavy atom. The summed E-state index contributed by atoms with van der Waals surface area (Å²) in [4.78, 5) is 23.5. The molecule has 0 amide bonds. The van der Waals surface area contributed by atoms with Gasteiger partial charge in [0.1, 0.15) is 18.1 Å². The highest BCUT2D eigenvalue weighted by Gasteiger charge is 2.09. The second-order valence-corrected chi connectivity index (χ2v) is 5.23. The molecule has 6 heteroatoms. The van der Waals surface area contributed by atoms with Gasteiger partial charge in [-0.25, -0.2) is 9.59 Å². The van der Waals surface area contributed by atoms with Crippen molar-refractivity contribution in [1.82, 2.24) is 0 Å². The van der Waals surface area contributed by atoms with E-state index in [4.69, 9.17) is 18.9 Å². The molecule has 0 saturated heterocycles. The minimum atomic E-state index is -0.531. The van der Waals surface area contributed by atoms with Crippen LogP contribution < -0.4 is 9.47 Å². The topological polar surface area (TPSA) is 71.1 Å². The summed E-state index contributed by atoms with van der Waals surface area (Å²) in [6, 6.07) is 13.5. The lowest BCUT2D eigenvalue weighted by Crippen LogP contribution is -2.17. The molecule has 2 rings (SSSR count). The maximum Gasteiger partial charge on any atom is 0.349 e. The normalized spacial score (nSPS) is 10.2. The average Bonchev–Trinajstić information content (AvgIpc) is 2.62. The van der Waals surface area contributed by atoms with Crippen LogP contribution in [0.4, 0.5) is 0 Å². The molecule has 2 aromatic rings. The number of hydrogen-bond acceptors (Lipinski definition) is 6. The molecule has 0 aliphatic rings. The maximum absolute atomic E-state index is 11.8. The standard InChI is InChI=1S/C19H20O6/c1-14-3-7-16(8-4-14)24-13-18(20)25-17-9-5-15(6-10-17)19(21)23-12-11-22-2/h3-10H,11-13H2,1-2H3. The first kappa shape index (κ1) is 18.5. The van der Waals surface area contributed by atoms with Gasteiger partial charge < -0.3 is 18.9 Å². The van der Waals surface area contributed by atoms with Crippen LogP contribution in [0.15, 0.2) is 48.5 Å². The van der Waals surface area contributed by atoms with Crippen molar-refractivity contribution < 1.29 is 28.5 Å². The van der Waals surface area contributed by atoms with Gasteiger partial charge in [0, 0.05) is 7.11 Å². The summed E-state index contributed by atoms with van der Waals surface area (Å²) >= 11 is 0. The number of rotatable bonds is 8. The Morgan fingerprint density at radius 2 is 1.52 bits per heavy atom. The minimum absolute atomic E-state index is 0.183. The predicted molar refractivity (Wildman–Crippen MR) is 90.9 cm³/mol. The Morgan fingerprint density at radius 3 is 2.16 bits per heavy atom. The van der Waals surface area contributed by atoms with Crippen LogP contribution in [0.2, 0.25) is 0 Å². The molecule has 0 saturated carbocycles. The number of methoxy groups -OCH3 is 1. The molecule has 25 heavy (non-hydrogen) atoms. The van der Waals surface area contributed by atoms with Crippen LogP contribution in [0.1, 0.15) is 15.9 Å². The molecule has 0 fully saturated rings. The van der Waals surface area contributed by atoms with Crippen molar-refractivity contribution in [3.05, 3.63) is 59.7 Å². The van der Waals surface area contributed by atoms with Crippen LogP contribution in [0, 0.1) is 6.92 Å². The fourth-order valence-electron chi connectivity index (χ4n) is 1.90.